The van der Waals surface area contributed by atoms with Gasteiger partial charge in [0.05, 0.1) is 6.04 Å². The van der Waals surface area contributed by atoms with E-state index in [0.717, 1.165) is 18.7 Å². The van der Waals surface area contributed by atoms with Gasteiger partial charge in [0.25, 0.3) is 5.91 Å². The molecule has 2 atom stereocenters. The number of rotatable bonds is 7. The molecule has 138 valence electrons. The van der Waals surface area contributed by atoms with Crippen molar-refractivity contribution in [2.75, 3.05) is 25.9 Å². The smallest absolute Gasteiger partial charge is 0.251 e. The number of carbonyl (C=O) groups is 1. The summed E-state index contributed by atoms with van der Waals surface area (Å²) in [6.07, 6.45) is 4.11. The summed E-state index contributed by atoms with van der Waals surface area (Å²) in [5.41, 5.74) is 2.80. The van der Waals surface area contributed by atoms with E-state index in [1.807, 2.05) is 30.3 Å². The summed E-state index contributed by atoms with van der Waals surface area (Å²) >= 11 is 0. The van der Waals surface area contributed by atoms with Gasteiger partial charge < -0.3 is 5.32 Å². The minimum Gasteiger partial charge on any atom is -0.350 e. The Morgan fingerprint density at radius 1 is 1.12 bits per heavy atom. The van der Waals surface area contributed by atoms with Gasteiger partial charge in [-0.2, -0.15) is 0 Å². The number of hydrogen-bond donors (Lipinski definition) is 1. The van der Waals surface area contributed by atoms with Crippen molar-refractivity contribution in [2.45, 2.75) is 24.6 Å². The molecule has 2 aromatic rings. The minimum atomic E-state index is -0.914. The van der Waals surface area contributed by atoms with Crippen LogP contribution in [0, 0.1) is 0 Å². The number of hydrogen-bond acceptors (Lipinski definition) is 3. The van der Waals surface area contributed by atoms with Crippen LogP contribution in [0.25, 0.3) is 0 Å². The average Bonchev–Trinajstić information content (AvgIpc) is 3.17. The maximum absolute atomic E-state index is 12.6. The maximum Gasteiger partial charge on any atom is 0.251 e. The predicted octanol–water partition coefficient (Wildman–Crippen LogP) is 3.13. The van der Waals surface area contributed by atoms with Crippen LogP contribution in [0.3, 0.4) is 0 Å². The van der Waals surface area contributed by atoms with Crippen LogP contribution >= 0.6 is 0 Å². The molecule has 4 nitrogen and oxygen atoms in total. The molecule has 0 spiro atoms. The molecule has 1 N–H and O–H groups in total. The molecule has 5 heteroatoms. The molecule has 0 bridgehead atoms. The van der Waals surface area contributed by atoms with Crippen molar-refractivity contribution in [3.8, 4) is 0 Å². The van der Waals surface area contributed by atoms with Crippen LogP contribution in [-0.4, -0.2) is 40.9 Å². The van der Waals surface area contributed by atoms with Crippen molar-refractivity contribution in [1.82, 2.24) is 10.2 Å². The van der Waals surface area contributed by atoms with Gasteiger partial charge in [-0.25, -0.2) is 0 Å². The second-order valence-electron chi connectivity index (χ2n) is 6.80. The van der Waals surface area contributed by atoms with E-state index in [9.17, 15) is 9.00 Å². The van der Waals surface area contributed by atoms with Gasteiger partial charge in [-0.15, -0.1) is 0 Å². The minimum absolute atomic E-state index is 0.0751. The Kier molecular flexibility index (Phi) is 6.58. The predicted molar refractivity (Wildman–Crippen MR) is 107 cm³/mol. The number of nitrogens with zero attached hydrogens (tertiary/aromatic N) is 1. The largest absolute Gasteiger partial charge is 0.350 e. The molecule has 2 aromatic carbocycles. The van der Waals surface area contributed by atoms with Gasteiger partial charge in [-0.3, -0.25) is 13.9 Å². The maximum atomic E-state index is 12.6. The van der Waals surface area contributed by atoms with E-state index in [1.54, 1.807) is 6.26 Å². The third-order valence-electron chi connectivity index (χ3n) is 4.78. The molecular formula is C21H26N2O2S. The second kappa shape index (κ2) is 9.10. The monoisotopic (exact) mass is 370 g/mol. The number of carbonyl (C=O) groups excluding carboxylic acids is 1. The third kappa shape index (κ3) is 5.02. The molecule has 0 saturated carbocycles. The van der Waals surface area contributed by atoms with Gasteiger partial charge in [0, 0.05) is 34.9 Å². The fourth-order valence-corrected chi connectivity index (χ4v) is 4.16. The van der Waals surface area contributed by atoms with Crippen LogP contribution in [0.5, 0.6) is 0 Å². The second-order valence-corrected chi connectivity index (χ2v) is 8.23. The summed E-state index contributed by atoms with van der Waals surface area (Å²) in [6, 6.07) is 18.0. The van der Waals surface area contributed by atoms with E-state index in [4.69, 9.17) is 0 Å². The number of nitrogens with one attached hydrogen (secondary N) is 1. The molecule has 2 unspecified atom stereocenters. The fraction of sp³-hybridized carbons (Fsp3) is 0.381. The van der Waals surface area contributed by atoms with E-state index in [2.05, 4.69) is 34.5 Å². The highest BCUT2D eigenvalue weighted by Gasteiger charge is 2.24. The summed E-state index contributed by atoms with van der Waals surface area (Å²) in [7, 11) is -0.914. The molecule has 26 heavy (non-hydrogen) atoms. The zero-order valence-electron chi connectivity index (χ0n) is 15.2. The molecule has 1 aliphatic rings. The number of benzene rings is 2. The number of likely N-dealkylation sites (tertiary alicyclic amines) is 1. The van der Waals surface area contributed by atoms with E-state index in [0.29, 0.717) is 17.9 Å². The molecule has 1 aliphatic heterocycles. The van der Waals surface area contributed by atoms with Gasteiger partial charge in [0.15, 0.2) is 0 Å². The summed E-state index contributed by atoms with van der Waals surface area (Å²) in [5.74, 6) is 0.399. The quantitative estimate of drug-likeness (QED) is 0.815. The van der Waals surface area contributed by atoms with Gasteiger partial charge >= 0.3 is 0 Å². The van der Waals surface area contributed by atoms with Crippen LogP contribution < -0.4 is 5.32 Å². The van der Waals surface area contributed by atoms with Crippen molar-refractivity contribution >= 4 is 16.7 Å². The topological polar surface area (TPSA) is 49.4 Å². The highest BCUT2D eigenvalue weighted by atomic mass is 32.2. The van der Waals surface area contributed by atoms with E-state index in [1.165, 1.54) is 18.4 Å². The Morgan fingerprint density at radius 3 is 2.54 bits per heavy atom. The van der Waals surface area contributed by atoms with Crippen molar-refractivity contribution < 1.29 is 9.00 Å². The van der Waals surface area contributed by atoms with Gasteiger partial charge in [0.1, 0.15) is 0 Å². The highest BCUT2D eigenvalue weighted by molar-refractivity contribution is 7.83. The van der Waals surface area contributed by atoms with Gasteiger partial charge in [-0.1, -0.05) is 42.5 Å². The Labute approximate surface area is 158 Å². The zero-order valence-corrected chi connectivity index (χ0v) is 16.0. The van der Waals surface area contributed by atoms with Crippen molar-refractivity contribution in [2.24, 2.45) is 0 Å². The molecule has 0 radical (unpaired) electrons. The Hall–Kier alpha value is -1.98. The third-order valence-corrected chi connectivity index (χ3v) is 5.52. The molecule has 1 heterocycles. The normalized spacial score (nSPS) is 17.0. The zero-order chi connectivity index (χ0) is 18.4. The fourth-order valence-electron chi connectivity index (χ4n) is 3.51. The molecule has 1 fully saturated rings. The summed E-state index contributed by atoms with van der Waals surface area (Å²) in [6.45, 7) is 2.74. The lowest BCUT2D eigenvalue weighted by Crippen LogP contribution is -2.36. The molecular weight excluding hydrogens is 344 g/mol. The standard InChI is InChI=1S/C21H26N2O2S/c1-26(25)16-17-8-7-11-19(14-17)21(24)22-15-20(23-12-5-6-13-23)18-9-3-2-4-10-18/h2-4,7-11,14,20H,5-6,12-13,15-16H2,1H3,(H,22,24). The van der Waals surface area contributed by atoms with Crippen molar-refractivity contribution in [3.05, 3.63) is 71.3 Å². The van der Waals surface area contributed by atoms with Crippen LogP contribution in [0.2, 0.25) is 0 Å². The lowest BCUT2D eigenvalue weighted by atomic mass is 10.1. The molecule has 1 amide bonds. The van der Waals surface area contributed by atoms with E-state index >= 15 is 0 Å². The molecule has 0 aromatic heterocycles. The van der Waals surface area contributed by atoms with Crippen LogP contribution in [0.15, 0.2) is 54.6 Å². The first-order valence-electron chi connectivity index (χ1n) is 9.09. The first-order valence-corrected chi connectivity index (χ1v) is 10.8. The molecule has 1 saturated heterocycles. The highest BCUT2D eigenvalue weighted by Crippen LogP contribution is 2.24. The Morgan fingerprint density at radius 2 is 1.85 bits per heavy atom. The average molecular weight is 371 g/mol. The van der Waals surface area contributed by atoms with Crippen molar-refractivity contribution in [1.29, 1.82) is 0 Å². The van der Waals surface area contributed by atoms with Gasteiger partial charge in [-0.05, 0) is 49.2 Å². The van der Waals surface area contributed by atoms with Crippen molar-refractivity contribution in [3.63, 3.8) is 0 Å². The molecule has 3 rings (SSSR count). The summed E-state index contributed by atoms with van der Waals surface area (Å²) in [4.78, 5) is 15.1. The van der Waals surface area contributed by atoms with Crippen LogP contribution in [0.1, 0.15) is 40.4 Å². The first-order chi connectivity index (χ1) is 12.6. The lowest BCUT2D eigenvalue weighted by molar-refractivity contribution is 0.0938. The van der Waals surface area contributed by atoms with E-state index in [-0.39, 0.29) is 11.9 Å². The van der Waals surface area contributed by atoms with Crippen LogP contribution in [-0.2, 0) is 16.6 Å². The Bertz CT molecular complexity index is 758. The van der Waals surface area contributed by atoms with Gasteiger partial charge in [0.2, 0.25) is 0 Å². The lowest BCUT2D eigenvalue weighted by Gasteiger charge is -2.28. The summed E-state index contributed by atoms with van der Waals surface area (Å²) < 4.78 is 11.4. The number of amides is 1. The Balaban J connectivity index is 1.68. The summed E-state index contributed by atoms with van der Waals surface area (Å²) in [5, 5.41) is 3.10. The first kappa shape index (κ1) is 18.8. The SMILES string of the molecule is CS(=O)Cc1cccc(C(=O)NCC(c2ccccc2)N2CCCC2)c1. The molecule has 0 aliphatic carbocycles. The van der Waals surface area contributed by atoms with Crippen LogP contribution in [0.4, 0.5) is 0 Å². The van der Waals surface area contributed by atoms with E-state index < -0.39 is 10.8 Å².